The highest BCUT2D eigenvalue weighted by Gasteiger charge is 2.32. The van der Waals surface area contributed by atoms with Crippen LogP contribution in [0.25, 0.3) is 17.2 Å². The minimum Gasteiger partial charge on any atom is -0.298 e. The maximum Gasteiger partial charge on any atom is 0.265 e. The Labute approximate surface area is 157 Å². The average molecular weight is 362 g/mol. The number of hydrogen-bond donors (Lipinski definition) is 1. The molecule has 1 heterocycles. The monoisotopic (exact) mass is 362 g/mol. The van der Waals surface area contributed by atoms with Gasteiger partial charge in [0, 0.05) is 6.54 Å². The summed E-state index contributed by atoms with van der Waals surface area (Å²) in [6.45, 7) is 5.91. The molecule has 0 saturated carbocycles. The lowest BCUT2D eigenvalue weighted by atomic mass is 10.0. The van der Waals surface area contributed by atoms with Crippen LogP contribution in [0.5, 0.6) is 0 Å². The summed E-state index contributed by atoms with van der Waals surface area (Å²) in [4.78, 5) is 26.1. The summed E-state index contributed by atoms with van der Waals surface area (Å²) < 4.78 is 0. The van der Waals surface area contributed by atoms with Crippen LogP contribution in [-0.2, 0) is 9.59 Å². The van der Waals surface area contributed by atoms with Crippen molar-refractivity contribution >= 4 is 35.2 Å². The molecule has 2 aromatic carbocycles. The summed E-state index contributed by atoms with van der Waals surface area (Å²) in [6, 6.07) is 15.9. The first-order valence-electron chi connectivity index (χ1n) is 8.16. The second-order valence-corrected chi connectivity index (χ2v) is 6.40. The molecule has 0 aromatic heterocycles. The number of hydrogen-bond acceptors (Lipinski definition) is 3. The van der Waals surface area contributed by atoms with Gasteiger partial charge in [0.2, 0.25) is 0 Å². The van der Waals surface area contributed by atoms with Gasteiger partial charge in [-0.25, -0.2) is 0 Å². The van der Waals surface area contributed by atoms with Crippen molar-refractivity contribution in [1.29, 1.82) is 0 Å². The molecular formula is C21H18N2O2S. The minimum atomic E-state index is -0.485. The number of amides is 2. The van der Waals surface area contributed by atoms with Gasteiger partial charge in [-0.3, -0.25) is 19.8 Å². The van der Waals surface area contributed by atoms with E-state index < -0.39 is 11.8 Å². The van der Waals surface area contributed by atoms with Crippen LogP contribution in [0, 0.1) is 6.92 Å². The SMILES string of the molecule is C=CCN1C(=O)/C(=C/c2cccc(-c3ccc(C)cc3)c2)C(=O)NC1=S. The zero-order valence-electron chi connectivity index (χ0n) is 14.4. The molecule has 1 N–H and O–H groups in total. The van der Waals surface area contributed by atoms with Crippen LogP contribution in [0.3, 0.4) is 0 Å². The molecule has 130 valence electrons. The third kappa shape index (κ3) is 3.63. The van der Waals surface area contributed by atoms with Crippen LogP contribution in [0.1, 0.15) is 11.1 Å². The van der Waals surface area contributed by atoms with Crippen molar-refractivity contribution in [3.05, 3.63) is 77.9 Å². The molecule has 0 aliphatic carbocycles. The normalized spacial score (nSPS) is 16.0. The van der Waals surface area contributed by atoms with E-state index in [4.69, 9.17) is 12.2 Å². The molecule has 4 nitrogen and oxygen atoms in total. The van der Waals surface area contributed by atoms with Crippen molar-refractivity contribution in [2.75, 3.05) is 6.54 Å². The number of carbonyl (C=O) groups is 2. The molecule has 1 saturated heterocycles. The third-order valence-corrected chi connectivity index (χ3v) is 4.40. The molecule has 1 fully saturated rings. The van der Waals surface area contributed by atoms with Gasteiger partial charge in [-0.15, -0.1) is 6.58 Å². The first kappa shape index (κ1) is 17.8. The summed E-state index contributed by atoms with van der Waals surface area (Å²) in [6.07, 6.45) is 3.16. The first-order chi connectivity index (χ1) is 12.5. The van der Waals surface area contributed by atoms with Crippen molar-refractivity contribution in [3.8, 4) is 11.1 Å². The molecule has 0 bridgehead atoms. The van der Waals surface area contributed by atoms with E-state index in [-0.39, 0.29) is 17.2 Å². The maximum absolute atomic E-state index is 12.6. The number of nitrogens with zero attached hydrogens (tertiary/aromatic N) is 1. The summed E-state index contributed by atoms with van der Waals surface area (Å²) in [5, 5.41) is 2.65. The Hall–Kier alpha value is -3.05. The van der Waals surface area contributed by atoms with Gasteiger partial charge in [0.1, 0.15) is 5.57 Å². The smallest absolute Gasteiger partial charge is 0.265 e. The van der Waals surface area contributed by atoms with Gasteiger partial charge in [-0.1, -0.05) is 54.1 Å². The highest BCUT2D eigenvalue weighted by Crippen LogP contribution is 2.23. The molecule has 3 rings (SSSR count). The lowest BCUT2D eigenvalue weighted by molar-refractivity contribution is -0.128. The van der Waals surface area contributed by atoms with Crippen LogP contribution in [0.4, 0.5) is 0 Å². The molecular weight excluding hydrogens is 344 g/mol. The lowest BCUT2D eigenvalue weighted by Crippen LogP contribution is -2.53. The van der Waals surface area contributed by atoms with Gasteiger partial charge in [0.25, 0.3) is 11.8 Å². The third-order valence-electron chi connectivity index (χ3n) is 4.08. The largest absolute Gasteiger partial charge is 0.298 e. The maximum atomic E-state index is 12.6. The fraction of sp³-hybridized carbons (Fsp3) is 0.0952. The van der Waals surface area contributed by atoms with E-state index in [1.807, 2.05) is 55.5 Å². The number of carbonyl (C=O) groups excluding carboxylic acids is 2. The fourth-order valence-corrected chi connectivity index (χ4v) is 2.96. The molecule has 26 heavy (non-hydrogen) atoms. The first-order valence-corrected chi connectivity index (χ1v) is 8.57. The van der Waals surface area contributed by atoms with Crippen molar-refractivity contribution in [1.82, 2.24) is 10.2 Å². The van der Waals surface area contributed by atoms with E-state index in [9.17, 15) is 9.59 Å². The van der Waals surface area contributed by atoms with Gasteiger partial charge >= 0.3 is 0 Å². The van der Waals surface area contributed by atoms with E-state index in [1.165, 1.54) is 10.5 Å². The van der Waals surface area contributed by atoms with Gasteiger partial charge in [0.15, 0.2) is 5.11 Å². The minimum absolute atomic E-state index is 0.0570. The van der Waals surface area contributed by atoms with Crippen molar-refractivity contribution in [3.63, 3.8) is 0 Å². The van der Waals surface area contributed by atoms with E-state index in [0.29, 0.717) is 0 Å². The molecule has 2 aromatic rings. The van der Waals surface area contributed by atoms with Crippen LogP contribution in [0.15, 0.2) is 66.8 Å². The molecule has 0 atom stereocenters. The quantitative estimate of drug-likeness (QED) is 0.392. The molecule has 5 heteroatoms. The zero-order valence-corrected chi connectivity index (χ0v) is 15.2. The topological polar surface area (TPSA) is 49.4 Å². The molecule has 1 aliphatic heterocycles. The highest BCUT2D eigenvalue weighted by molar-refractivity contribution is 7.80. The molecule has 1 aliphatic rings. The Morgan fingerprint density at radius 2 is 1.85 bits per heavy atom. The van der Waals surface area contributed by atoms with Gasteiger partial charge in [-0.05, 0) is 48.0 Å². The number of thiocarbonyl (C=S) groups is 1. The average Bonchev–Trinajstić information content (AvgIpc) is 2.63. The Morgan fingerprint density at radius 1 is 1.12 bits per heavy atom. The van der Waals surface area contributed by atoms with Gasteiger partial charge in [0.05, 0.1) is 0 Å². The summed E-state index contributed by atoms with van der Waals surface area (Å²) in [7, 11) is 0. The van der Waals surface area contributed by atoms with Crippen LogP contribution in [0.2, 0.25) is 0 Å². The van der Waals surface area contributed by atoms with Crippen LogP contribution >= 0.6 is 12.2 Å². The predicted molar refractivity (Wildman–Crippen MR) is 107 cm³/mol. The molecule has 0 unspecified atom stereocenters. The number of nitrogens with one attached hydrogen (secondary N) is 1. The van der Waals surface area contributed by atoms with Gasteiger partial charge < -0.3 is 0 Å². The Bertz CT molecular complexity index is 929. The summed E-state index contributed by atoms with van der Waals surface area (Å²) in [5.74, 6) is -0.902. The second-order valence-electron chi connectivity index (χ2n) is 6.01. The molecule has 0 radical (unpaired) electrons. The molecule has 2 amide bonds. The summed E-state index contributed by atoms with van der Waals surface area (Å²) in [5.41, 5.74) is 4.11. The van der Waals surface area contributed by atoms with E-state index >= 15 is 0 Å². The number of aryl methyl sites for hydroxylation is 1. The second kappa shape index (κ2) is 7.45. The standard InChI is InChI=1S/C21H18N2O2S/c1-3-11-23-20(25)18(19(24)22-21(23)26)13-15-5-4-6-17(12-15)16-9-7-14(2)8-10-16/h3-10,12-13H,1,11H2,2H3,(H,22,24,26)/b18-13+. The molecule has 0 spiro atoms. The Kier molecular flexibility index (Phi) is 5.09. The van der Waals surface area contributed by atoms with Crippen molar-refractivity contribution in [2.24, 2.45) is 0 Å². The van der Waals surface area contributed by atoms with E-state index in [0.717, 1.165) is 16.7 Å². The number of benzene rings is 2. The highest BCUT2D eigenvalue weighted by atomic mass is 32.1. The van der Waals surface area contributed by atoms with Crippen LogP contribution < -0.4 is 5.32 Å². The van der Waals surface area contributed by atoms with E-state index in [2.05, 4.69) is 11.9 Å². The van der Waals surface area contributed by atoms with Crippen LogP contribution in [-0.4, -0.2) is 28.4 Å². The van der Waals surface area contributed by atoms with Crippen molar-refractivity contribution in [2.45, 2.75) is 6.92 Å². The lowest BCUT2D eigenvalue weighted by Gasteiger charge is -2.27. The summed E-state index contributed by atoms with van der Waals surface area (Å²) >= 11 is 5.06. The fourth-order valence-electron chi connectivity index (χ4n) is 2.71. The van der Waals surface area contributed by atoms with Crippen molar-refractivity contribution < 1.29 is 9.59 Å². The van der Waals surface area contributed by atoms with Gasteiger partial charge in [-0.2, -0.15) is 0 Å². The Balaban J connectivity index is 1.96. The number of rotatable bonds is 4. The van der Waals surface area contributed by atoms with E-state index in [1.54, 1.807) is 12.2 Å². The zero-order chi connectivity index (χ0) is 18.7. The predicted octanol–water partition coefficient (Wildman–Crippen LogP) is 3.47. The Morgan fingerprint density at radius 3 is 2.54 bits per heavy atom.